The molecule has 0 saturated carbocycles. The van der Waals surface area contributed by atoms with Crippen molar-refractivity contribution in [2.45, 2.75) is 6.61 Å². The predicted molar refractivity (Wildman–Crippen MR) is 81.4 cm³/mol. The first-order valence-electron chi connectivity index (χ1n) is 5.83. The van der Waals surface area contributed by atoms with Crippen molar-refractivity contribution in [1.82, 2.24) is 0 Å². The van der Waals surface area contributed by atoms with Crippen LogP contribution in [0.15, 0.2) is 46.9 Å². The van der Waals surface area contributed by atoms with Crippen molar-refractivity contribution in [2.75, 3.05) is 0 Å². The van der Waals surface area contributed by atoms with E-state index in [1.807, 2.05) is 6.07 Å². The molecule has 0 aliphatic rings. The Morgan fingerprint density at radius 1 is 1.29 bits per heavy atom. The number of carbonyl (C=O) groups is 1. The molecule has 0 saturated heterocycles. The molecule has 7 heteroatoms. The summed E-state index contributed by atoms with van der Waals surface area (Å²) in [6.45, 7) is 0.0158. The number of nitro benzene ring substituents is 1. The van der Waals surface area contributed by atoms with Gasteiger partial charge in [0.15, 0.2) is 0 Å². The van der Waals surface area contributed by atoms with E-state index in [-0.39, 0.29) is 22.9 Å². The van der Waals surface area contributed by atoms with E-state index in [0.29, 0.717) is 0 Å². The van der Waals surface area contributed by atoms with Gasteiger partial charge in [0.05, 0.1) is 4.92 Å². The van der Waals surface area contributed by atoms with Gasteiger partial charge >= 0.3 is 5.97 Å². The Morgan fingerprint density at radius 3 is 2.71 bits per heavy atom. The van der Waals surface area contributed by atoms with Crippen LogP contribution in [0, 0.1) is 10.1 Å². The second kappa shape index (κ2) is 6.69. The lowest BCUT2D eigenvalue weighted by molar-refractivity contribution is -0.385. The molecule has 5 nitrogen and oxygen atoms in total. The zero-order chi connectivity index (χ0) is 15.4. The first-order chi connectivity index (χ1) is 9.97. The van der Waals surface area contributed by atoms with E-state index in [0.717, 1.165) is 10.0 Å². The van der Waals surface area contributed by atoms with Crippen LogP contribution >= 0.6 is 27.5 Å². The molecule has 0 radical (unpaired) electrons. The van der Waals surface area contributed by atoms with Gasteiger partial charge in [-0.05, 0) is 29.8 Å². The number of carbonyl (C=O) groups excluding carboxylic acids is 1. The number of esters is 1. The Bertz CT molecular complexity index is 705. The van der Waals surface area contributed by atoms with E-state index in [2.05, 4.69) is 15.9 Å². The maximum Gasteiger partial charge on any atom is 0.345 e. The minimum atomic E-state index is -0.788. The van der Waals surface area contributed by atoms with Crippen molar-refractivity contribution in [3.8, 4) is 0 Å². The van der Waals surface area contributed by atoms with E-state index in [1.165, 1.54) is 18.2 Å². The van der Waals surface area contributed by atoms with Gasteiger partial charge in [-0.15, -0.1) is 0 Å². The van der Waals surface area contributed by atoms with E-state index in [9.17, 15) is 14.9 Å². The summed E-state index contributed by atoms with van der Waals surface area (Å²) >= 11 is 9.07. The fourth-order valence-electron chi connectivity index (χ4n) is 1.68. The van der Waals surface area contributed by atoms with E-state index < -0.39 is 10.9 Å². The van der Waals surface area contributed by atoms with Crippen LogP contribution in [0.2, 0.25) is 5.02 Å². The zero-order valence-electron chi connectivity index (χ0n) is 10.6. The lowest BCUT2D eigenvalue weighted by atomic mass is 10.2. The molecule has 2 rings (SSSR count). The largest absolute Gasteiger partial charge is 0.457 e. The molecule has 0 aliphatic heterocycles. The lowest BCUT2D eigenvalue weighted by Gasteiger charge is -2.06. The van der Waals surface area contributed by atoms with Gasteiger partial charge in [0, 0.05) is 15.6 Å². The van der Waals surface area contributed by atoms with E-state index in [4.69, 9.17) is 16.3 Å². The van der Waals surface area contributed by atoms with Gasteiger partial charge in [-0.25, -0.2) is 4.79 Å². The second-order valence-electron chi connectivity index (χ2n) is 4.12. The molecule has 0 unspecified atom stereocenters. The quantitative estimate of drug-likeness (QED) is 0.455. The van der Waals surface area contributed by atoms with Crippen LogP contribution in [0.4, 0.5) is 5.69 Å². The molecule has 0 N–H and O–H groups in total. The standard InChI is InChI=1S/C14H9BrClNO4/c15-10-3-1-2-9(6-10)8-21-14(18)12-7-11(16)4-5-13(12)17(19)20/h1-7H,8H2. The van der Waals surface area contributed by atoms with Gasteiger partial charge in [-0.1, -0.05) is 39.7 Å². The molecule has 0 spiro atoms. The topological polar surface area (TPSA) is 69.4 Å². The number of hydrogen-bond acceptors (Lipinski definition) is 4. The number of nitrogens with zero attached hydrogens (tertiary/aromatic N) is 1. The Labute approximate surface area is 133 Å². The fraction of sp³-hybridized carbons (Fsp3) is 0.0714. The summed E-state index contributed by atoms with van der Waals surface area (Å²) in [6, 6.07) is 11.0. The number of rotatable bonds is 4. The monoisotopic (exact) mass is 369 g/mol. The molecule has 0 atom stereocenters. The van der Waals surface area contributed by atoms with Crippen LogP contribution in [-0.2, 0) is 11.3 Å². The van der Waals surface area contributed by atoms with Gasteiger partial charge in [0.1, 0.15) is 12.2 Å². The molecule has 0 aromatic heterocycles. The van der Waals surface area contributed by atoms with Crippen molar-refractivity contribution in [1.29, 1.82) is 0 Å². The first kappa shape index (κ1) is 15.5. The van der Waals surface area contributed by atoms with Crippen molar-refractivity contribution in [3.05, 3.63) is 73.2 Å². The summed E-state index contributed by atoms with van der Waals surface area (Å²) in [5.74, 6) is -0.788. The van der Waals surface area contributed by atoms with Gasteiger partial charge in [0.25, 0.3) is 5.69 Å². The van der Waals surface area contributed by atoms with Crippen LogP contribution < -0.4 is 0 Å². The van der Waals surface area contributed by atoms with Crippen molar-refractivity contribution in [2.24, 2.45) is 0 Å². The molecule has 0 bridgehead atoms. The summed E-state index contributed by atoms with van der Waals surface area (Å²) in [4.78, 5) is 22.2. The van der Waals surface area contributed by atoms with Gasteiger partial charge < -0.3 is 4.74 Å². The summed E-state index contributed by atoms with van der Waals surface area (Å²) in [6.07, 6.45) is 0. The van der Waals surface area contributed by atoms with Crippen molar-refractivity contribution >= 4 is 39.2 Å². The molecule has 0 heterocycles. The number of benzene rings is 2. The highest BCUT2D eigenvalue weighted by Gasteiger charge is 2.21. The Hall–Kier alpha value is -1.92. The predicted octanol–water partition coefficient (Wildman–Crippen LogP) is 4.37. The number of nitro groups is 1. The smallest absolute Gasteiger partial charge is 0.345 e. The summed E-state index contributed by atoms with van der Waals surface area (Å²) < 4.78 is 5.94. The summed E-state index contributed by atoms with van der Waals surface area (Å²) in [7, 11) is 0. The van der Waals surface area contributed by atoms with Crippen LogP contribution in [0.5, 0.6) is 0 Å². The summed E-state index contributed by atoms with van der Waals surface area (Å²) in [5.41, 5.74) is 0.267. The van der Waals surface area contributed by atoms with E-state index >= 15 is 0 Å². The Balaban J connectivity index is 2.17. The molecule has 0 fully saturated rings. The third-order valence-corrected chi connectivity index (χ3v) is 3.36. The lowest BCUT2D eigenvalue weighted by Crippen LogP contribution is -2.08. The summed E-state index contributed by atoms with van der Waals surface area (Å²) in [5, 5.41) is 11.1. The molecule has 108 valence electrons. The van der Waals surface area contributed by atoms with E-state index in [1.54, 1.807) is 18.2 Å². The molecule has 0 amide bonds. The van der Waals surface area contributed by atoms with Gasteiger partial charge in [-0.2, -0.15) is 0 Å². The number of hydrogen-bond donors (Lipinski definition) is 0. The first-order valence-corrected chi connectivity index (χ1v) is 7.00. The Morgan fingerprint density at radius 2 is 2.05 bits per heavy atom. The highest BCUT2D eigenvalue weighted by atomic mass is 79.9. The molecular weight excluding hydrogens is 362 g/mol. The normalized spacial score (nSPS) is 10.2. The molecule has 2 aromatic carbocycles. The number of ether oxygens (including phenoxy) is 1. The maximum absolute atomic E-state index is 12.0. The van der Waals surface area contributed by atoms with Gasteiger partial charge in [-0.3, -0.25) is 10.1 Å². The second-order valence-corrected chi connectivity index (χ2v) is 5.48. The van der Waals surface area contributed by atoms with Gasteiger partial charge in [0.2, 0.25) is 0 Å². The van der Waals surface area contributed by atoms with Crippen LogP contribution in [0.25, 0.3) is 0 Å². The third-order valence-electron chi connectivity index (χ3n) is 2.63. The zero-order valence-corrected chi connectivity index (χ0v) is 12.9. The van der Waals surface area contributed by atoms with Crippen LogP contribution in [-0.4, -0.2) is 10.9 Å². The third kappa shape index (κ3) is 4.03. The highest BCUT2D eigenvalue weighted by molar-refractivity contribution is 9.10. The minimum Gasteiger partial charge on any atom is -0.457 e. The Kier molecular flexibility index (Phi) is 4.93. The van der Waals surface area contributed by atoms with Crippen molar-refractivity contribution in [3.63, 3.8) is 0 Å². The number of halogens is 2. The average Bonchev–Trinajstić information content (AvgIpc) is 2.44. The minimum absolute atomic E-state index is 0.0158. The molecular formula is C14H9BrClNO4. The average molecular weight is 371 g/mol. The maximum atomic E-state index is 12.0. The van der Waals surface area contributed by atoms with Crippen LogP contribution in [0.3, 0.4) is 0 Å². The highest BCUT2D eigenvalue weighted by Crippen LogP contribution is 2.24. The van der Waals surface area contributed by atoms with Crippen molar-refractivity contribution < 1.29 is 14.5 Å². The molecule has 21 heavy (non-hydrogen) atoms. The van der Waals surface area contributed by atoms with Crippen LogP contribution in [0.1, 0.15) is 15.9 Å². The fourth-order valence-corrected chi connectivity index (χ4v) is 2.30. The molecule has 2 aromatic rings. The SMILES string of the molecule is O=C(OCc1cccc(Br)c1)c1cc(Cl)ccc1[N+](=O)[O-]. The molecule has 0 aliphatic carbocycles.